The maximum Gasteiger partial charge on any atom is 0.255 e. The zero-order chi connectivity index (χ0) is 22.0. The van der Waals surface area contributed by atoms with Gasteiger partial charge in [-0.25, -0.2) is 4.98 Å². The molecular formula is C22H18BrN3O5. The number of nitrogens with zero attached hydrogens (tertiary/aromatic N) is 2. The highest BCUT2D eigenvalue weighted by molar-refractivity contribution is 9.10. The van der Waals surface area contributed by atoms with Crippen molar-refractivity contribution in [2.45, 2.75) is 0 Å². The van der Waals surface area contributed by atoms with Crippen LogP contribution in [0.2, 0.25) is 0 Å². The molecule has 0 saturated carbocycles. The summed E-state index contributed by atoms with van der Waals surface area (Å²) >= 11 is 3.39. The van der Waals surface area contributed by atoms with Gasteiger partial charge in [0.1, 0.15) is 5.52 Å². The van der Waals surface area contributed by atoms with E-state index in [9.17, 15) is 4.79 Å². The second kappa shape index (κ2) is 8.65. The number of oxazole rings is 1. The molecule has 0 atom stereocenters. The molecule has 0 spiro atoms. The largest absolute Gasteiger partial charge is 0.493 e. The Morgan fingerprint density at radius 2 is 1.74 bits per heavy atom. The van der Waals surface area contributed by atoms with Gasteiger partial charge in [-0.15, -0.1) is 0 Å². The minimum atomic E-state index is -0.335. The maximum absolute atomic E-state index is 12.8. The fourth-order valence-corrected chi connectivity index (χ4v) is 3.44. The molecule has 0 unspecified atom stereocenters. The fraction of sp³-hybridized carbons (Fsp3) is 0.136. The number of pyridine rings is 1. The number of nitrogens with one attached hydrogen (secondary N) is 1. The van der Waals surface area contributed by atoms with Crippen molar-refractivity contribution in [1.29, 1.82) is 0 Å². The van der Waals surface area contributed by atoms with E-state index in [1.165, 1.54) is 21.3 Å². The van der Waals surface area contributed by atoms with E-state index in [4.69, 9.17) is 18.6 Å². The number of methoxy groups -OCH3 is 3. The highest BCUT2D eigenvalue weighted by Gasteiger charge is 2.18. The predicted molar refractivity (Wildman–Crippen MR) is 119 cm³/mol. The van der Waals surface area contributed by atoms with Gasteiger partial charge in [-0.2, -0.15) is 0 Å². The summed E-state index contributed by atoms with van der Waals surface area (Å²) in [6, 6.07) is 10.3. The molecule has 0 bridgehead atoms. The molecule has 9 heteroatoms. The van der Waals surface area contributed by atoms with E-state index in [0.717, 1.165) is 10.0 Å². The summed E-state index contributed by atoms with van der Waals surface area (Å²) in [5.41, 5.74) is 2.88. The van der Waals surface area contributed by atoms with Crippen molar-refractivity contribution < 1.29 is 23.4 Å². The number of fused-ring (bicyclic) bond motifs is 1. The molecule has 0 fully saturated rings. The van der Waals surface area contributed by atoms with Gasteiger partial charge in [0.15, 0.2) is 17.1 Å². The molecular weight excluding hydrogens is 466 g/mol. The van der Waals surface area contributed by atoms with Gasteiger partial charge in [0.25, 0.3) is 5.91 Å². The number of anilines is 1. The van der Waals surface area contributed by atoms with Crippen LogP contribution in [0.25, 0.3) is 22.6 Å². The lowest BCUT2D eigenvalue weighted by molar-refractivity contribution is 0.102. The molecule has 0 aliphatic rings. The van der Waals surface area contributed by atoms with Crippen LogP contribution in [-0.4, -0.2) is 37.2 Å². The van der Waals surface area contributed by atoms with Crippen LogP contribution in [0.4, 0.5) is 5.69 Å². The average Bonchev–Trinajstić information content (AvgIpc) is 3.21. The summed E-state index contributed by atoms with van der Waals surface area (Å²) in [4.78, 5) is 21.5. The van der Waals surface area contributed by atoms with E-state index in [-0.39, 0.29) is 5.91 Å². The van der Waals surface area contributed by atoms with Crippen LogP contribution in [0.15, 0.2) is 57.7 Å². The van der Waals surface area contributed by atoms with Crippen molar-refractivity contribution in [2.24, 2.45) is 0 Å². The molecule has 0 aliphatic carbocycles. The Kier molecular flexibility index (Phi) is 5.77. The van der Waals surface area contributed by atoms with Gasteiger partial charge in [-0.1, -0.05) is 0 Å². The summed E-state index contributed by atoms with van der Waals surface area (Å²) < 4.78 is 22.6. The number of hydrogen-bond acceptors (Lipinski definition) is 7. The summed E-state index contributed by atoms with van der Waals surface area (Å²) in [6.45, 7) is 0. The molecule has 0 saturated heterocycles. The minimum absolute atomic E-state index is 0.335. The Balaban J connectivity index is 1.62. The second-order valence-electron chi connectivity index (χ2n) is 6.46. The van der Waals surface area contributed by atoms with Gasteiger partial charge < -0.3 is 23.9 Å². The Hall–Kier alpha value is -3.59. The predicted octanol–water partition coefficient (Wildman–Crippen LogP) is 4.93. The van der Waals surface area contributed by atoms with Crippen LogP contribution in [0.5, 0.6) is 17.2 Å². The number of hydrogen-bond donors (Lipinski definition) is 1. The number of ether oxygens (including phenoxy) is 3. The van der Waals surface area contributed by atoms with E-state index in [0.29, 0.717) is 45.5 Å². The van der Waals surface area contributed by atoms with Gasteiger partial charge in [-0.3, -0.25) is 9.78 Å². The first-order valence-corrected chi connectivity index (χ1v) is 9.94. The maximum atomic E-state index is 12.8. The molecule has 4 aromatic rings. The molecule has 1 amide bonds. The second-order valence-corrected chi connectivity index (χ2v) is 7.38. The molecule has 0 aliphatic heterocycles. The molecule has 31 heavy (non-hydrogen) atoms. The van der Waals surface area contributed by atoms with Crippen molar-refractivity contribution >= 4 is 38.6 Å². The van der Waals surface area contributed by atoms with Crippen molar-refractivity contribution in [1.82, 2.24) is 9.97 Å². The quantitative estimate of drug-likeness (QED) is 0.415. The SMILES string of the molecule is COc1cc(C(=O)Nc2ccc3oc(-c4cncc(Br)c4)nc3c2)cc(OC)c1OC. The van der Waals surface area contributed by atoms with Gasteiger partial charge in [-0.05, 0) is 52.3 Å². The van der Waals surface area contributed by atoms with Gasteiger partial charge in [0.05, 0.1) is 26.9 Å². The highest BCUT2D eigenvalue weighted by atomic mass is 79.9. The van der Waals surface area contributed by atoms with E-state index >= 15 is 0 Å². The topological polar surface area (TPSA) is 95.7 Å². The van der Waals surface area contributed by atoms with Crippen molar-refractivity contribution in [3.8, 4) is 28.7 Å². The first kappa shape index (κ1) is 20.7. The van der Waals surface area contributed by atoms with Crippen LogP contribution in [0.3, 0.4) is 0 Å². The van der Waals surface area contributed by atoms with Crippen molar-refractivity contribution in [3.63, 3.8) is 0 Å². The standard InChI is InChI=1S/C22H18BrN3O5/c1-28-18-7-12(8-19(29-2)20(18)30-3)21(27)25-15-4-5-17-16(9-15)26-22(31-17)13-6-14(23)11-24-10-13/h4-11H,1-3H3,(H,25,27). The monoisotopic (exact) mass is 483 g/mol. The van der Waals surface area contributed by atoms with Crippen LogP contribution < -0.4 is 19.5 Å². The first-order chi connectivity index (χ1) is 15.0. The third-order valence-corrected chi connectivity index (χ3v) is 4.96. The number of benzene rings is 2. The average molecular weight is 484 g/mol. The molecule has 1 N–H and O–H groups in total. The van der Waals surface area contributed by atoms with Gasteiger partial charge in [0, 0.05) is 28.1 Å². The number of carbonyl (C=O) groups is 1. The summed E-state index contributed by atoms with van der Waals surface area (Å²) in [5, 5.41) is 2.86. The lowest BCUT2D eigenvalue weighted by Crippen LogP contribution is -2.12. The Labute approximate surface area is 186 Å². The molecule has 158 valence electrons. The number of carbonyl (C=O) groups excluding carboxylic acids is 1. The normalized spacial score (nSPS) is 10.7. The molecule has 2 aromatic carbocycles. The molecule has 0 radical (unpaired) electrons. The van der Waals surface area contributed by atoms with Crippen molar-refractivity contribution in [3.05, 3.63) is 58.8 Å². The zero-order valence-electron chi connectivity index (χ0n) is 16.9. The van der Waals surface area contributed by atoms with E-state index in [1.807, 2.05) is 6.07 Å². The van der Waals surface area contributed by atoms with Crippen LogP contribution in [0, 0.1) is 0 Å². The van der Waals surface area contributed by atoms with Crippen LogP contribution in [-0.2, 0) is 0 Å². The summed E-state index contributed by atoms with van der Waals surface area (Å²) in [7, 11) is 4.50. The van der Waals surface area contributed by atoms with E-state index in [1.54, 1.807) is 42.7 Å². The number of amides is 1. The van der Waals surface area contributed by atoms with Crippen molar-refractivity contribution in [2.75, 3.05) is 26.6 Å². The first-order valence-electron chi connectivity index (χ1n) is 9.15. The summed E-state index contributed by atoms with van der Waals surface area (Å²) in [5.74, 6) is 1.31. The lowest BCUT2D eigenvalue weighted by Gasteiger charge is -2.14. The summed E-state index contributed by atoms with van der Waals surface area (Å²) in [6.07, 6.45) is 3.35. The van der Waals surface area contributed by atoms with Gasteiger partial charge >= 0.3 is 0 Å². The fourth-order valence-electron chi connectivity index (χ4n) is 3.07. The lowest BCUT2D eigenvalue weighted by atomic mass is 10.1. The highest BCUT2D eigenvalue weighted by Crippen LogP contribution is 2.38. The third-order valence-electron chi connectivity index (χ3n) is 4.52. The third kappa shape index (κ3) is 4.17. The van der Waals surface area contributed by atoms with E-state index in [2.05, 4.69) is 31.2 Å². The van der Waals surface area contributed by atoms with Crippen LogP contribution in [0.1, 0.15) is 10.4 Å². The molecule has 2 heterocycles. The molecule has 4 rings (SSSR count). The Bertz CT molecular complexity index is 1250. The van der Waals surface area contributed by atoms with Crippen LogP contribution >= 0.6 is 15.9 Å². The Morgan fingerprint density at radius 1 is 1.00 bits per heavy atom. The van der Waals surface area contributed by atoms with E-state index < -0.39 is 0 Å². The van der Waals surface area contributed by atoms with Gasteiger partial charge in [0.2, 0.25) is 11.6 Å². The number of halogens is 1. The minimum Gasteiger partial charge on any atom is -0.493 e. The molecule has 2 aromatic heterocycles. The number of aromatic nitrogens is 2. The number of rotatable bonds is 6. The Morgan fingerprint density at radius 3 is 2.39 bits per heavy atom. The zero-order valence-corrected chi connectivity index (χ0v) is 18.5. The smallest absolute Gasteiger partial charge is 0.255 e. The molecule has 8 nitrogen and oxygen atoms in total.